The summed E-state index contributed by atoms with van der Waals surface area (Å²) in [5.41, 5.74) is 0. The third-order valence-corrected chi connectivity index (χ3v) is 2.88. The topological polar surface area (TPSA) is 26.7 Å². The zero-order chi connectivity index (χ0) is 10.6. The van der Waals surface area contributed by atoms with Crippen LogP contribution in [0.2, 0.25) is 0 Å². The van der Waals surface area contributed by atoms with E-state index in [9.17, 15) is 5.11 Å². The first-order chi connectivity index (χ1) is 6.63. The molecule has 0 radical (unpaired) electrons. The fraction of sp³-hybridized carbons (Fsp3) is 1.00. The van der Waals surface area contributed by atoms with Crippen molar-refractivity contribution in [3.63, 3.8) is 0 Å². The minimum Gasteiger partial charge on any atom is -0.392 e. The van der Waals surface area contributed by atoms with Crippen LogP contribution in [0.3, 0.4) is 0 Å². The number of hydrogen-bond donors (Lipinski definition) is 1. The van der Waals surface area contributed by atoms with E-state index < -0.39 is 0 Å². The second-order valence-electron chi connectivity index (χ2n) is 4.65. The monoisotopic (exact) mass is 200 g/mol. The first-order valence-electron chi connectivity index (χ1n) is 5.70. The quantitative estimate of drug-likeness (QED) is 0.710. The van der Waals surface area contributed by atoms with Gasteiger partial charge in [0.1, 0.15) is 0 Å². The van der Waals surface area contributed by atoms with Crippen LogP contribution in [0.25, 0.3) is 0 Å². The number of likely N-dealkylation sites (tertiary alicyclic amines) is 1. The van der Waals surface area contributed by atoms with E-state index in [0.29, 0.717) is 6.04 Å². The van der Waals surface area contributed by atoms with Gasteiger partial charge in [-0.05, 0) is 33.5 Å². The molecule has 1 N–H and O–H groups in total. The maximum atomic E-state index is 9.62. The van der Waals surface area contributed by atoms with E-state index in [2.05, 4.69) is 30.8 Å². The molecule has 0 amide bonds. The van der Waals surface area contributed by atoms with Crippen molar-refractivity contribution in [2.75, 3.05) is 33.7 Å². The van der Waals surface area contributed by atoms with E-state index in [-0.39, 0.29) is 6.10 Å². The van der Waals surface area contributed by atoms with Gasteiger partial charge < -0.3 is 10.0 Å². The van der Waals surface area contributed by atoms with Crippen molar-refractivity contribution < 1.29 is 5.11 Å². The predicted molar refractivity (Wildman–Crippen MR) is 59.4 cm³/mol. The third kappa shape index (κ3) is 3.56. The van der Waals surface area contributed by atoms with Crippen LogP contribution in [0.4, 0.5) is 0 Å². The van der Waals surface area contributed by atoms with Crippen molar-refractivity contribution in [3.8, 4) is 0 Å². The normalized spacial score (nSPS) is 28.9. The number of rotatable bonds is 5. The van der Waals surface area contributed by atoms with Crippen LogP contribution in [-0.2, 0) is 0 Å². The lowest BCUT2D eigenvalue weighted by Gasteiger charge is -2.26. The van der Waals surface area contributed by atoms with Crippen LogP contribution in [-0.4, -0.2) is 60.8 Å². The molecule has 14 heavy (non-hydrogen) atoms. The molecule has 3 nitrogen and oxygen atoms in total. The zero-order valence-electron chi connectivity index (χ0n) is 9.74. The van der Waals surface area contributed by atoms with Crippen molar-refractivity contribution in [2.45, 2.75) is 38.3 Å². The van der Waals surface area contributed by atoms with Gasteiger partial charge in [-0.25, -0.2) is 0 Å². The van der Waals surface area contributed by atoms with Crippen LogP contribution in [0.15, 0.2) is 0 Å². The van der Waals surface area contributed by atoms with Crippen LogP contribution < -0.4 is 0 Å². The van der Waals surface area contributed by atoms with Gasteiger partial charge in [-0.2, -0.15) is 0 Å². The molecule has 1 heterocycles. The molecule has 2 unspecified atom stereocenters. The summed E-state index contributed by atoms with van der Waals surface area (Å²) < 4.78 is 0. The second kappa shape index (κ2) is 5.69. The van der Waals surface area contributed by atoms with E-state index >= 15 is 0 Å². The Bertz CT molecular complexity index is 161. The van der Waals surface area contributed by atoms with E-state index in [0.717, 1.165) is 26.1 Å². The van der Waals surface area contributed by atoms with Gasteiger partial charge in [-0.3, -0.25) is 4.90 Å². The standard InChI is InChI=1S/C11H24N2O/c1-4-5-6-13-9-11(14)7-10(13)8-12(2)3/h10-11,14H,4-9H2,1-3H3. The average molecular weight is 200 g/mol. The lowest BCUT2D eigenvalue weighted by Crippen LogP contribution is -2.38. The summed E-state index contributed by atoms with van der Waals surface area (Å²) in [6, 6.07) is 0.562. The van der Waals surface area contributed by atoms with Gasteiger partial charge in [0.05, 0.1) is 6.10 Å². The maximum absolute atomic E-state index is 9.62. The van der Waals surface area contributed by atoms with E-state index in [1.807, 2.05) is 0 Å². The summed E-state index contributed by atoms with van der Waals surface area (Å²) in [6.07, 6.45) is 3.33. The molecule has 3 heteroatoms. The van der Waals surface area contributed by atoms with Crippen molar-refractivity contribution in [3.05, 3.63) is 0 Å². The van der Waals surface area contributed by atoms with Crippen molar-refractivity contribution in [1.29, 1.82) is 0 Å². The molecule has 1 aliphatic heterocycles. The number of hydrogen-bond acceptors (Lipinski definition) is 3. The molecule has 0 aromatic heterocycles. The van der Waals surface area contributed by atoms with Crippen LogP contribution in [0.1, 0.15) is 26.2 Å². The molecule has 1 fully saturated rings. The van der Waals surface area contributed by atoms with Gasteiger partial charge in [0.25, 0.3) is 0 Å². The first kappa shape index (κ1) is 12.0. The van der Waals surface area contributed by atoms with Gasteiger partial charge in [0, 0.05) is 19.1 Å². The Balaban J connectivity index is 2.37. The lowest BCUT2D eigenvalue weighted by atomic mass is 10.2. The number of aliphatic hydroxyl groups excluding tert-OH is 1. The summed E-state index contributed by atoms with van der Waals surface area (Å²) in [7, 11) is 4.20. The van der Waals surface area contributed by atoms with Crippen LogP contribution >= 0.6 is 0 Å². The second-order valence-corrected chi connectivity index (χ2v) is 4.65. The van der Waals surface area contributed by atoms with E-state index in [1.54, 1.807) is 0 Å². The SMILES string of the molecule is CCCCN1CC(O)CC1CN(C)C. The minimum atomic E-state index is -0.100. The molecule has 0 aliphatic carbocycles. The highest BCUT2D eigenvalue weighted by Crippen LogP contribution is 2.18. The number of nitrogens with zero attached hydrogens (tertiary/aromatic N) is 2. The molecule has 0 saturated carbocycles. The highest BCUT2D eigenvalue weighted by Gasteiger charge is 2.30. The Morgan fingerprint density at radius 2 is 2.14 bits per heavy atom. The maximum Gasteiger partial charge on any atom is 0.0682 e. The Labute approximate surface area is 87.7 Å². The minimum absolute atomic E-state index is 0.100. The fourth-order valence-electron chi connectivity index (χ4n) is 2.20. The zero-order valence-corrected chi connectivity index (χ0v) is 9.74. The Hall–Kier alpha value is -0.120. The van der Waals surface area contributed by atoms with E-state index in [1.165, 1.54) is 12.8 Å². The number of unbranched alkanes of at least 4 members (excludes halogenated alkanes) is 1. The first-order valence-corrected chi connectivity index (χ1v) is 5.70. The summed E-state index contributed by atoms with van der Waals surface area (Å²) >= 11 is 0. The number of aliphatic hydroxyl groups is 1. The smallest absolute Gasteiger partial charge is 0.0682 e. The van der Waals surface area contributed by atoms with Crippen LogP contribution in [0, 0.1) is 0 Å². The van der Waals surface area contributed by atoms with Gasteiger partial charge in [-0.1, -0.05) is 13.3 Å². The van der Waals surface area contributed by atoms with Crippen LogP contribution in [0.5, 0.6) is 0 Å². The van der Waals surface area contributed by atoms with Gasteiger partial charge >= 0.3 is 0 Å². The summed E-state index contributed by atoms with van der Waals surface area (Å²) in [5, 5.41) is 9.62. The predicted octanol–water partition coefficient (Wildman–Crippen LogP) is 0.783. The highest BCUT2D eigenvalue weighted by molar-refractivity contribution is 4.86. The molecule has 1 saturated heterocycles. The Kier molecular flexibility index (Phi) is 4.85. The van der Waals surface area contributed by atoms with Gasteiger partial charge in [0.15, 0.2) is 0 Å². The Morgan fingerprint density at radius 1 is 1.43 bits per heavy atom. The molecular weight excluding hydrogens is 176 g/mol. The summed E-state index contributed by atoms with van der Waals surface area (Å²) in [4.78, 5) is 4.65. The van der Waals surface area contributed by atoms with E-state index in [4.69, 9.17) is 0 Å². The molecule has 0 bridgehead atoms. The molecule has 0 aromatic carbocycles. The molecule has 0 aromatic rings. The summed E-state index contributed by atoms with van der Waals surface area (Å²) in [5.74, 6) is 0. The number of likely N-dealkylation sites (N-methyl/N-ethyl adjacent to an activating group) is 1. The van der Waals surface area contributed by atoms with Crippen molar-refractivity contribution in [1.82, 2.24) is 9.80 Å². The molecule has 1 aliphatic rings. The molecule has 1 rings (SSSR count). The Morgan fingerprint density at radius 3 is 2.71 bits per heavy atom. The van der Waals surface area contributed by atoms with Crippen molar-refractivity contribution >= 4 is 0 Å². The average Bonchev–Trinajstić information content (AvgIpc) is 2.41. The van der Waals surface area contributed by atoms with Gasteiger partial charge in [-0.15, -0.1) is 0 Å². The van der Waals surface area contributed by atoms with Gasteiger partial charge in [0.2, 0.25) is 0 Å². The molecule has 0 spiro atoms. The summed E-state index contributed by atoms with van der Waals surface area (Å²) in [6.45, 7) is 5.30. The third-order valence-electron chi connectivity index (χ3n) is 2.88. The molecule has 2 atom stereocenters. The van der Waals surface area contributed by atoms with Crippen molar-refractivity contribution in [2.24, 2.45) is 0 Å². The largest absolute Gasteiger partial charge is 0.392 e. The lowest BCUT2D eigenvalue weighted by molar-refractivity contribution is 0.172. The number of β-amino-alcohol motifs (C(OH)–C–C–N with tert-alkyl or cyclic N) is 1. The fourth-order valence-corrected chi connectivity index (χ4v) is 2.20. The molecule has 84 valence electrons. The highest BCUT2D eigenvalue weighted by atomic mass is 16.3. The molecular formula is C11H24N2O.